The van der Waals surface area contributed by atoms with Gasteiger partial charge in [-0.2, -0.15) is 0 Å². The van der Waals surface area contributed by atoms with E-state index in [0.29, 0.717) is 0 Å². The number of aromatic nitrogens is 1. The van der Waals surface area contributed by atoms with Gasteiger partial charge in [-0.05, 0) is 11.6 Å². The molecule has 0 spiro atoms. The van der Waals surface area contributed by atoms with E-state index in [2.05, 4.69) is 10.3 Å². The van der Waals surface area contributed by atoms with Gasteiger partial charge in [0.05, 0.1) is 0 Å². The first-order valence-electron chi connectivity index (χ1n) is 3.60. The maximum absolute atomic E-state index is 10.6. The van der Waals surface area contributed by atoms with Gasteiger partial charge in [0.25, 0.3) is 0 Å². The summed E-state index contributed by atoms with van der Waals surface area (Å²) in [7, 11) is 0. The van der Waals surface area contributed by atoms with E-state index in [1.54, 1.807) is 24.5 Å². The summed E-state index contributed by atoms with van der Waals surface area (Å²) in [5, 5.41) is 10.5. The molecule has 1 heterocycles. The Morgan fingerprint density at radius 2 is 2.31 bits per heavy atom. The second kappa shape index (κ2) is 4.20. The van der Waals surface area contributed by atoms with Crippen LogP contribution in [0.5, 0.6) is 0 Å². The molecule has 13 heavy (non-hydrogen) atoms. The molecular weight excluding hydrogens is 172 g/mol. The van der Waals surface area contributed by atoms with Gasteiger partial charge in [-0.15, -0.1) is 0 Å². The molecule has 5 heteroatoms. The maximum Gasteiger partial charge on any atom is 0.394 e. The van der Waals surface area contributed by atoms with Gasteiger partial charge in [-0.1, -0.05) is 6.07 Å². The average Bonchev–Trinajstić information content (AvgIpc) is 2.15. The largest absolute Gasteiger partial charge is 0.474 e. The molecule has 0 aliphatic heterocycles. The van der Waals surface area contributed by atoms with Crippen molar-refractivity contribution in [3.63, 3.8) is 0 Å². The van der Waals surface area contributed by atoms with Crippen LogP contribution >= 0.6 is 0 Å². The van der Waals surface area contributed by atoms with Crippen LogP contribution < -0.4 is 5.32 Å². The van der Waals surface area contributed by atoms with Crippen molar-refractivity contribution in [1.82, 2.24) is 10.3 Å². The molecule has 1 amide bonds. The minimum absolute atomic E-state index is 0.180. The highest BCUT2D eigenvalue weighted by Gasteiger charge is 2.09. The van der Waals surface area contributed by atoms with Gasteiger partial charge in [0.2, 0.25) is 0 Å². The lowest BCUT2D eigenvalue weighted by molar-refractivity contribution is -0.150. The van der Waals surface area contributed by atoms with Gasteiger partial charge < -0.3 is 10.4 Å². The highest BCUT2D eigenvalue weighted by atomic mass is 16.4. The van der Waals surface area contributed by atoms with Crippen molar-refractivity contribution in [3.05, 3.63) is 30.1 Å². The highest BCUT2D eigenvalue weighted by Crippen LogP contribution is 1.93. The Morgan fingerprint density at radius 3 is 2.85 bits per heavy atom. The third kappa shape index (κ3) is 2.90. The van der Waals surface area contributed by atoms with Gasteiger partial charge in [0.15, 0.2) is 0 Å². The molecule has 0 atom stereocenters. The van der Waals surface area contributed by atoms with Crippen LogP contribution in [0.2, 0.25) is 0 Å². The quantitative estimate of drug-likeness (QED) is 0.617. The van der Waals surface area contributed by atoms with Gasteiger partial charge in [0.1, 0.15) is 0 Å². The molecule has 68 valence electrons. The molecule has 5 nitrogen and oxygen atoms in total. The minimum atomic E-state index is -1.48. The van der Waals surface area contributed by atoms with E-state index in [9.17, 15) is 9.59 Å². The second-order valence-electron chi connectivity index (χ2n) is 2.35. The van der Waals surface area contributed by atoms with Crippen molar-refractivity contribution < 1.29 is 14.7 Å². The number of amides is 1. The summed E-state index contributed by atoms with van der Waals surface area (Å²) < 4.78 is 0. The van der Waals surface area contributed by atoms with Crippen molar-refractivity contribution in [1.29, 1.82) is 0 Å². The fourth-order valence-corrected chi connectivity index (χ4v) is 0.761. The minimum Gasteiger partial charge on any atom is -0.474 e. The predicted molar refractivity (Wildman–Crippen MR) is 43.7 cm³/mol. The van der Waals surface area contributed by atoms with Crippen LogP contribution in [0.25, 0.3) is 0 Å². The number of nitrogens with zero attached hydrogens (tertiary/aromatic N) is 1. The lowest BCUT2D eigenvalue weighted by Crippen LogP contribution is -2.30. The lowest BCUT2D eigenvalue weighted by atomic mass is 10.3. The summed E-state index contributed by atoms with van der Waals surface area (Å²) in [6.45, 7) is 0.180. The second-order valence-corrected chi connectivity index (χ2v) is 2.35. The number of carboxylic acids is 1. The van der Waals surface area contributed by atoms with E-state index in [-0.39, 0.29) is 6.54 Å². The third-order valence-electron chi connectivity index (χ3n) is 1.37. The fourth-order valence-electron chi connectivity index (χ4n) is 0.761. The molecule has 0 fully saturated rings. The first kappa shape index (κ1) is 9.18. The van der Waals surface area contributed by atoms with Gasteiger partial charge in [-0.25, -0.2) is 4.79 Å². The topological polar surface area (TPSA) is 79.3 Å². The summed E-state index contributed by atoms with van der Waals surface area (Å²) in [4.78, 5) is 24.5. The van der Waals surface area contributed by atoms with Crippen molar-refractivity contribution in [2.45, 2.75) is 6.54 Å². The molecular formula is C8H8N2O3. The van der Waals surface area contributed by atoms with E-state index in [0.717, 1.165) is 5.56 Å². The number of hydrogen-bond acceptors (Lipinski definition) is 3. The first-order valence-corrected chi connectivity index (χ1v) is 3.60. The van der Waals surface area contributed by atoms with Crippen molar-refractivity contribution in [3.8, 4) is 0 Å². The molecule has 1 aromatic heterocycles. The fraction of sp³-hybridized carbons (Fsp3) is 0.125. The lowest BCUT2D eigenvalue weighted by Gasteiger charge is -2.00. The smallest absolute Gasteiger partial charge is 0.394 e. The number of carbonyl (C=O) groups excluding carboxylic acids is 1. The average molecular weight is 180 g/mol. The molecule has 2 N–H and O–H groups in total. The van der Waals surface area contributed by atoms with Crippen molar-refractivity contribution >= 4 is 11.9 Å². The summed E-state index contributed by atoms with van der Waals surface area (Å²) in [5.74, 6) is -2.49. The number of hydrogen-bond donors (Lipinski definition) is 2. The van der Waals surface area contributed by atoms with E-state index in [4.69, 9.17) is 5.11 Å². The number of carboxylic acid groups (broad SMARTS) is 1. The Labute approximate surface area is 74.4 Å². The molecule has 0 radical (unpaired) electrons. The first-order chi connectivity index (χ1) is 6.20. The van der Waals surface area contributed by atoms with Gasteiger partial charge in [-0.3, -0.25) is 9.78 Å². The van der Waals surface area contributed by atoms with Crippen LogP contribution in [0.4, 0.5) is 0 Å². The van der Waals surface area contributed by atoms with Gasteiger partial charge >= 0.3 is 11.9 Å². The number of nitrogens with one attached hydrogen (secondary N) is 1. The van der Waals surface area contributed by atoms with E-state index in [1.807, 2.05) is 0 Å². The normalized spacial score (nSPS) is 9.23. The number of aliphatic carboxylic acids is 1. The Hall–Kier alpha value is -1.91. The van der Waals surface area contributed by atoms with Crippen LogP contribution in [-0.2, 0) is 16.1 Å². The summed E-state index contributed by atoms with van der Waals surface area (Å²) in [6.07, 6.45) is 3.16. The van der Waals surface area contributed by atoms with Crippen LogP contribution in [0, 0.1) is 0 Å². The molecule has 0 unspecified atom stereocenters. The van der Waals surface area contributed by atoms with E-state index >= 15 is 0 Å². The van der Waals surface area contributed by atoms with Gasteiger partial charge in [0, 0.05) is 18.9 Å². The molecule has 0 aliphatic rings. The molecule has 0 bridgehead atoms. The monoisotopic (exact) mass is 180 g/mol. The SMILES string of the molecule is O=C(O)C(=O)NCc1cccnc1. The summed E-state index contributed by atoms with van der Waals surface area (Å²) in [5.41, 5.74) is 0.761. The highest BCUT2D eigenvalue weighted by molar-refractivity contribution is 6.31. The Balaban J connectivity index is 2.44. The van der Waals surface area contributed by atoms with Crippen LogP contribution in [0.3, 0.4) is 0 Å². The summed E-state index contributed by atoms with van der Waals surface area (Å²) in [6, 6.07) is 3.46. The van der Waals surface area contributed by atoms with Crippen molar-refractivity contribution in [2.24, 2.45) is 0 Å². The zero-order valence-electron chi connectivity index (χ0n) is 6.73. The van der Waals surface area contributed by atoms with E-state index < -0.39 is 11.9 Å². The standard InChI is InChI=1S/C8H8N2O3/c11-7(8(12)13)10-5-6-2-1-3-9-4-6/h1-4H,5H2,(H,10,11)(H,12,13). The predicted octanol–water partition coefficient (Wildman–Crippen LogP) is -0.218. The molecule has 1 rings (SSSR count). The molecule has 1 aromatic rings. The van der Waals surface area contributed by atoms with Crippen LogP contribution in [0.15, 0.2) is 24.5 Å². The molecule has 0 saturated carbocycles. The van der Waals surface area contributed by atoms with Crippen molar-refractivity contribution in [2.75, 3.05) is 0 Å². The zero-order chi connectivity index (χ0) is 9.68. The third-order valence-corrected chi connectivity index (χ3v) is 1.37. The number of rotatable bonds is 2. The van der Waals surface area contributed by atoms with Crippen LogP contribution in [0.1, 0.15) is 5.56 Å². The van der Waals surface area contributed by atoms with Crippen LogP contribution in [-0.4, -0.2) is 22.0 Å². The molecule has 0 aliphatic carbocycles. The Morgan fingerprint density at radius 1 is 1.54 bits per heavy atom. The molecule has 0 aromatic carbocycles. The summed E-state index contributed by atoms with van der Waals surface area (Å²) >= 11 is 0. The number of pyridine rings is 1. The Bertz CT molecular complexity index is 310. The van der Waals surface area contributed by atoms with E-state index in [1.165, 1.54) is 0 Å². The zero-order valence-corrected chi connectivity index (χ0v) is 6.73. The molecule has 0 saturated heterocycles. The maximum atomic E-state index is 10.6. The Kier molecular flexibility index (Phi) is 2.97. The number of carbonyl (C=O) groups is 2.